The zero-order valence-electron chi connectivity index (χ0n) is 12.2. The SMILES string of the molecule is CCOC(=O)CCN(C)C(=O)c1cccc(CSC)c1. The van der Waals surface area contributed by atoms with Crippen LogP contribution in [-0.4, -0.2) is 43.2 Å². The third-order valence-electron chi connectivity index (χ3n) is 2.79. The van der Waals surface area contributed by atoms with Gasteiger partial charge in [0.25, 0.3) is 5.91 Å². The highest BCUT2D eigenvalue weighted by Gasteiger charge is 2.13. The second-order valence-electron chi connectivity index (χ2n) is 4.42. The fourth-order valence-corrected chi connectivity index (χ4v) is 2.29. The van der Waals surface area contributed by atoms with Gasteiger partial charge in [-0.05, 0) is 30.9 Å². The van der Waals surface area contributed by atoms with Gasteiger partial charge in [-0.25, -0.2) is 0 Å². The molecule has 0 saturated carbocycles. The van der Waals surface area contributed by atoms with E-state index < -0.39 is 0 Å². The maximum Gasteiger partial charge on any atom is 0.307 e. The van der Waals surface area contributed by atoms with E-state index in [9.17, 15) is 9.59 Å². The average molecular weight is 295 g/mol. The van der Waals surface area contributed by atoms with Crippen molar-refractivity contribution in [3.63, 3.8) is 0 Å². The van der Waals surface area contributed by atoms with Gasteiger partial charge in [0.05, 0.1) is 13.0 Å². The predicted octanol–water partition coefficient (Wildman–Crippen LogP) is 2.57. The second-order valence-corrected chi connectivity index (χ2v) is 5.28. The fraction of sp³-hybridized carbons (Fsp3) is 0.467. The van der Waals surface area contributed by atoms with Crippen LogP contribution >= 0.6 is 11.8 Å². The molecule has 0 atom stereocenters. The number of carbonyl (C=O) groups is 2. The third-order valence-corrected chi connectivity index (χ3v) is 3.41. The normalized spacial score (nSPS) is 10.2. The van der Waals surface area contributed by atoms with Crippen LogP contribution in [0.3, 0.4) is 0 Å². The third kappa shape index (κ3) is 5.25. The molecular weight excluding hydrogens is 274 g/mol. The molecule has 20 heavy (non-hydrogen) atoms. The quantitative estimate of drug-likeness (QED) is 0.725. The lowest BCUT2D eigenvalue weighted by Gasteiger charge is -2.17. The molecule has 0 saturated heterocycles. The topological polar surface area (TPSA) is 46.6 Å². The molecule has 0 unspecified atom stereocenters. The number of carbonyl (C=O) groups excluding carboxylic acids is 2. The van der Waals surface area contributed by atoms with Crippen LogP contribution in [0.15, 0.2) is 24.3 Å². The maximum atomic E-state index is 12.2. The molecule has 0 N–H and O–H groups in total. The van der Waals surface area contributed by atoms with Crippen molar-refractivity contribution in [2.45, 2.75) is 19.1 Å². The van der Waals surface area contributed by atoms with Gasteiger partial charge >= 0.3 is 5.97 Å². The van der Waals surface area contributed by atoms with Crippen LogP contribution in [-0.2, 0) is 15.3 Å². The van der Waals surface area contributed by atoms with Gasteiger partial charge < -0.3 is 9.64 Å². The lowest BCUT2D eigenvalue weighted by atomic mass is 10.1. The molecule has 0 spiro atoms. The highest BCUT2D eigenvalue weighted by atomic mass is 32.2. The van der Waals surface area contributed by atoms with Crippen molar-refractivity contribution in [3.05, 3.63) is 35.4 Å². The number of amides is 1. The van der Waals surface area contributed by atoms with Crippen molar-refractivity contribution in [1.82, 2.24) is 4.90 Å². The van der Waals surface area contributed by atoms with Crippen LogP contribution in [0.25, 0.3) is 0 Å². The standard InChI is InChI=1S/C15H21NO3S/c1-4-19-14(17)8-9-16(2)15(18)13-7-5-6-12(10-13)11-20-3/h5-7,10H,4,8-9,11H2,1-3H3. The van der Waals surface area contributed by atoms with E-state index in [0.717, 1.165) is 11.3 Å². The molecule has 1 aromatic carbocycles. The molecule has 1 aromatic rings. The molecule has 0 bridgehead atoms. The molecule has 1 amide bonds. The lowest BCUT2D eigenvalue weighted by Crippen LogP contribution is -2.29. The lowest BCUT2D eigenvalue weighted by molar-refractivity contribution is -0.143. The van der Waals surface area contributed by atoms with Crippen molar-refractivity contribution in [1.29, 1.82) is 0 Å². The van der Waals surface area contributed by atoms with Gasteiger partial charge in [0, 0.05) is 24.9 Å². The summed E-state index contributed by atoms with van der Waals surface area (Å²) in [7, 11) is 1.70. The summed E-state index contributed by atoms with van der Waals surface area (Å²) in [5.74, 6) is 0.536. The minimum Gasteiger partial charge on any atom is -0.466 e. The van der Waals surface area contributed by atoms with Gasteiger partial charge in [-0.3, -0.25) is 9.59 Å². The van der Waals surface area contributed by atoms with Crippen LogP contribution in [0.4, 0.5) is 0 Å². The number of thioether (sulfide) groups is 1. The number of nitrogens with zero attached hydrogens (tertiary/aromatic N) is 1. The average Bonchev–Trinajstić information content (AvgIpc) is 2.45. The Labute approximate surface area is 124 Å². The van der Waals surface area contributed by atoms with E-state index in [1.807, 2.05) is 24.5 Å². The maximum absolute atomic E-state index is 12.2. The Hall–Kier alpha value is -1.49. The molecule has 0 aliphatic heterocycles. The Morgan fingerprint density at radius 1 is 1.35 bits per heavy atom. The number of hydrogen-bond acceptors (Lipinski definition) is 4. The van der Waals surface area contributed by atoms with Crippen LogP contribution in [0.2, 0.25) is 0 Å². The summed E-state index contributed by atoms with van der Waals surface area (Å²) in [5, 5.41) is 0. The van der Waals surface area contributed by atoms with E-state index in [2.05, 4.69) is 0 Å². The number of esters is 1. The fourth-order valence-electron chi connectivity index (χ4n) is 1.77. The summed E-state index contributed by atoms with van der Waals surface area (Å²) in [4.78, 5) is 25.1. The van der Waals surface area contributed by atoms with E-state index >= 15 is 0 Å². The molecule has 1 rings (SSSR count). The predicted molar refractivity (Wildman–Crippen MR) is 81.9 cm³/mol. The first kappa shape index (κ1) is 16.6. The van der Waals surface area contributed by atoms with Crippen LogP contribution in [0.1, 0.15) is 29.3 Å². The smallest absolute Gasteiger partial charge is 0.307 e. The van der Waals surface area contributed by atoms with Crippen molar-refractivity contribution in [3.8, 4) is 0 Å². The summed E-state index contributed by atoms with van der Waals surface area (Å²) in [6.45, 7) is 2.50. The van der Waals surface area contributed by atoms with Gasteiger partial charge in [0.2, 0.25) is 0 Å². The first-order valence-corrected chi connectivity index (χ1v) is 7.96. The number of hydrogen-bond donors (Lipinski definition) is 0. The van der Waals surface area contributed by atoms with Crippen molar-refractivity contribution in [2.24, 2.45) is 0 Å². The van der Waals surface area contributed by atoms with E-state index in [1.54, 1.807) is 36.7 Å². The summed E-state index contributed by atoms with van der Waals surface area (Å²) < 4.78 is 4.85. The molecule has 0 heterocycles. The first-order valence-electron chi connectivity index (χ1n) is 6.57. The van der Waals surface area contributed by atoms with Gasteiger partial charge in [-0.15, -0.1) is 0 Å². The minimum absolute atomic E-state index is 0.0720. The molecule has 0 aromatic heterocycles. The van der Waals surface area contributed by atoms with Gasteiger partial charge in [0.1, 0.15) is 0 Å². The van der Waals surface area contributed by atoms with Crippen molar-refractivity contribution >= 4 is 23.6 Å². The molecular formula is C15H21NO3S. The van der Waals surface area contributed by atoms with E-state index in [0.29, 0.717) is 18.7 Å². The molecule has 4 nitrogen and oxygen atoms in total. The highest BCUT2D eigenvalue weighted by molar-refractivity contribution is 7.97. The van der Waals surface area contributed by atoms with E-state index in [4.69, 9.17) is 4.74 Å². The molecule has 0 aliphatic carbocycles. The summed E-state index contributed by atoms with van der Waals surface area (Å²) in [6.07, 6.45) is 2.25. The highest BCUT2D eigenvalue weighted by Crippen LogP contribution is 2.13. The van der Waals surface area contributed by atoms with Crippen molar-refractivity contribution in [2.75, 3.05) is 26.5 Å². The Morgan fingerprint density at radius 2 is 2.10 bits per heavy atom. The summed E-state index contributed by atoms with van der Waals surface area (Å²) in [5.41, 5.74) is 1.78. The van der Waals surface area contributed by atoms with E-state index in [1.165, 1.54) is 0 Å². The largest absolute Gasteiger partial charge is 0.466 e. The Kier molecular flexibility index (Phi) is 7.15. The Balaban J connectivity index is 2.59. The number of rotatable bonds is 7. The van der Waals surface area contributed by atoms with Gasteiger partial charge in [0.15, 0.2) is 0 Å². The first-order chi connectivity index (χ1) is 9.58. The Morgan fingerprint density at radius 3 is 2.75 bits per heavy atom. The van der Waals surface area contributed by atoms with Crippen LogP contribution in [0, 0.1) is 0 Å². The number of ether oxygens (including phenoxy) is 1. The zero-order valence-corrected chi connectivity index (χ0v) is 13.0. The monoisotopic (exact) mass is 295 g/mol. The zero-order chi connectivity index (χ0) is 15.0. The van der Waals surface area contributed by atoms with Crippen molar-refractivity contribution < 1.29 is 14.3 Å². The number of benzene rings is 1. The second kappa shape index (κ2) is 8.64. The summed E-state index contributed by atoms with van der Waals surface area (Å²) in [6, 6.07) is 7.59. The summed E-state index contributed by atoms with van der Waals surface area (Å²) >= 11 is 1.72. The van der Waals surface area contributed by atoms with Crippen LogP contribution in [0.5, 0.6) is 0 Å². The van der Waals surface area contributed by atoms with E-state index in [-0.39, 0.29) is 18.3 Å². The van der Waals surface area contributed by atoms with Crippen LogP contribution < -0.4 is 0 Å². The molecule has 0 radical (unpaired) electrons. The van der Waals surface area contributed by atoms with Gasteiger partial charge in [-0.1, -0.05) is 12.1 Å². The molecule has 5 heteroatoms. The molecule has 0 fully saturated rings. The molecule has 110 valence electrons. The van der Waals surface area contributed by atoms with Gasteiger partial charge in [-0.2, -0.15) is 11.8 Å². The molecule has 0 aliphatic rings. The Bertz CT molecular complexity index is 462. The minimum atomic E-state index is -0.275.